The monoisotopic (exact) mass is 477 g/mol. The molecule has 0 saturated heterocycles. The van der Waals surface area contributed by atoms with E-state index in [0.29, 0.717) is 17.6 Å². The highest BCUT2D eigenvalue weighted by Crippen LogP contribution is 2.45. The van der Waals surface area contributed by atoms with Crippen molar-refractivity contribution in [2.24, 2.45) is 11.3 Å². The molecule has 6 rings (SSSR count). The van der Waals surface area contributed by atoms with Crippen LogP contribution in [0, 0.1) is 18.3 Å². The molecule has 6 heteroatoms. The molecular formula is C29H43N5O. The molecule has 0 spiro atoms. The highest BCUT2D eigenvalue weighted by Gasteiger charge is 2.42. The summed E-state index contributed by atoms with van der Waals surface area (Å²) in [5.74, 6) is 1.36. The van der Waals surface area contributed by atoms with Crippen LogP contribution in [0.15, 0.2) is 36.8 Å². The van der Waals surface area contributed by atoms with Crippen molar-refractivity contribution in [3.8, 4) is 0 Å². The molecule has 3 aromatic heterocycles. The second kappa shape index (κ2) is 10.7. The number of allylic oxidation sites excluding steroid dienone is 1. The third-order valence-electron chi connectivity index (χ3n) is 7.73. The minimum atomic E-state index is 0. The van der Waals surface area contributed by atoms with E-state index in [1.807, 2.05) is 37.0 Å². The predicted octanol–water partition coefficient (Wildman–Crippen LogP) is 6.85. The number of ketones is 1. The Morgan fingerprint density at radius 1 is 1.14 bits per heavy atom. The molecule has 0 aromatic carbocycles. The van der Waals surface area contributed by atoms with Crippen LogP contribution in [-0.4, -0.2) is 25.4 Å². The Labute approximate surface area is 212 Å². The maximum absolute atomic E-state index is 12.1. The summed E-state index contributed by atoms with van der Waals surface area (Å²) in [6.45, 7) is 8.24. The van der Waals surface area contributed by atoms with Crippen LogP contribution < -0.4 is 5.73 Å². The van der Waals surface area contributed by atoms with Gasteiger partial charge in [-0.25, -0.2) is 14.5 Å². The Kier molecular flexibility index (Phi) is 7.68. The summed E-state index contributed by atoms with van der Waals surface area (Å²) in [5.41, 5.74) is 12.4. The zero-order valence-electron chi connectivity index (χ0n) is 21.7. The highest BCUT2D eigenvalue weighted by atomic mass is 16.1. The van der Waals surface area contributed by atoms with E-state index in [2.05, 4.69) is 47.1 Å². The molecule has 2 saturated carbocycles. The van der Waals surface area contributed by atoms with Crippen molar-refractivity contribution in [2.75, 3.05) is 5.73 Å². The highest BCUT2D eigenvalue weighted by molar-refractivity contribution is 5.87. The first-order valence-corrected chi connectivity index (χ1v) is 13.3. The molecule has 35 heavy (non-hydrogen) atoms. The van der Waals surface area contributed by atoms with E-state index in [1.54, 1.807) is 0 Å². The number of fused-ring (bicyclic) bond motifs is 2. The standard InChI is InChI=1S/C15H13N5.C12H20O.C2H6.2H2/c1-9-7-18-20-5-4-10(6-14(9)20)11-2-3-13-12(11)8-17-15(16)19-13;1-12(8-5-9-12)11(13)10-6-3-2-4-7-10;1-2;;/h2,4-8H,3H2,1H3,(H2,16,17,19);10H,2-9H2,1H3;1-2H3;2*1H. The van der Waals surface area contributed by atoms with Gasteiger partial charge in [-0.15, -0.1) is 0 Å². The number of aryl methyl sites for hydroxylation is 1. The van der Waals surface area contributed by atoms with Gasteiger partial charge in [0.25, 0.3) is 0 Å². The number of nitrogens with two attached hydrogens (primary N) is 1. The van der Waals surface area contributed by atoms with Gasteiger partial charge in [-0.3, -0.25) is 4.79 Å². The van der Waals surface area contributed by atoms with E-state index in [9.17, 15) is 4.79 Å². The van der Waals surface area contributed by atoms with Crippen LogP contribution in [0.5, 0.6) is 0 Å². The molecule has 3 aromatic rings. The van der Waals surface area contributed by atoms with Crippen LogP contribution in [0.1, 0.15) is 97.4 Å². The summed E-state index contributed by atoms with van der Waals surface area (Å²) in [6.07, 6.45) is 18.5. The van der Waals surface area contributed by atoms with Gasteiger partial charge in [0.2, 0.25) is 5.95 Å². The number of pyridine rings is 1. The lowest BCUT2D eigenvalue weighted by molar-refractivity contribution is -0.137. The van der Waals surface area contributed by atoms with Crippen molar-refractivity contribution in [3.05, 3.63) is 59.2 Å². The largest absolute Gasteiger partial charge is 0.368 e. The number of carbonyl (C=O) groups is 1. The van der Waals surface area contributed by atoms with Gasteiger partial charge >= 0.3 is 0 Å². The zero-order chi connectivity index (χ0) is 25.0. The average molecular weight is 478 g/mol. The summed E-state index contributed by atoms with van der Waals surface area (Å²) in [6, 6.07) is 4.22. The Balaban J connectivity index is 0.000000249. The van der Waals surface area contributed by atoms with Gasteiger partial charge in [-0.2, -0.15) is 5.10 Å². The molecule has 0 radical (unpaired) electrons. The molecular weight excluding hydrogens is 434 g/mol. The number of Topliss-reactive ketones (excluding diaryl/α,β-unsaturated/α-hetero) is 1. The zero-order valence-corrected chi connectivity index (χ0v) is 21.7. The average Bonchev–Trinajstić information content (AvgIpc) is 3.47. The Morgan fingerprint density at radius 2 is 1.89 bits per heavy atom. The summed E-state index contributed by atoms with van der Waals surface area (Å²) < 4.78 is 1.88. The molecule has 0 amide bonds. The van der Waals surface area contributed by atoms with Gasteiger partial charge in [-0.05, 0) is 61.4 Å². The third kappa shape index (κ3) is 5.16. The van der Waals surface area contributed by atoms with Crippen LogP contribution >= 0.6 is 0 Å². The summed E-state index contributed by atoms with van der Waals surface area (Å²) in [7, 11) is 0. The lowest BCUT2D eigenvalue weighted by Crippen LogP contribution is -2.39. The van der Waals surface area contributed by atoms with Crippen LogP contribution in [0.3, 0.4) is 0 Å². The molecule has 0 aliphatic heterocycles. The minimum Gasteiger partial charge on any atom is -0.368 e. The van der Waals surface area contributed by atoms with Gasteiger partial charge < -0.3 is 5.73 Å². The summed E-state index contributed by atoms with van der Waals surface area (Å²) in [4.78, 5) is 20.5. The Morgan fingerprint density at radius 3 is 2.57 bits per heavy atom. The fourth-order valence-corrected chi connectivity index (χ4v) is 5.48. The lowest BCUT2D eigenvalue weighted by Gasteiger charge is -2.40. The van der Waals surface area contributed by atoms with Gasteiger partial charge in [0.1, 0.15) is 5.78 Å². The molecule has 2 N–H and O–H groups in total. The van der Waals surface area contributed by atoms with E-state index in [-0.39, 0.29) is 8.27 Å². The molecule has 0 atom stereocenters. The van der Waals surface area contributed by atoms with Crippen molar-refractivity contribution in [3.63, 3.8) is 0 Å². The van der Waals surface area contributed by atoms with Crippen molar-refractivity contribution in [2.45, 2.75) is 85.5 Å². The van der Waals surface area contributed by atoms with Crippen molar-refractivity contribution in [1.29, 1.82) is 0 Å². The number of nitrogen functional groups attached to an aromatic ring is 1. The maximum atomic E-state index is 12.1. The number of hydrogen-bond donors (Lipinski definition) is 1. The molecule has 0 unspecified atom stereocenters. The van der Waals surface area contributed by atoms with Crippen LogP contribution in [-0.2, 0) is 11.2 Å². The number of aromatic nitrogens is 4. The smallest absolute Gasteiger partial charge is 0.220 e. The first kappa shape index (κ1) is 25.1. The van der Waals surface area contributed by atoms with Crippen molar-refractivity contribution < 1.29 is 7.65 Å². The summed E-state index contributed by atoms with van der Waals surface area (Å²) >= 11 is 0. The van der Waals surface area contributed by atoms with Gasteiger partial charge in [0.15, 0.2) is 0 Å². The van der Waals surface area contributed by atoms with E-state index >= 15 is 0 Å². The van der Waals surface area contributed by atoms with E-state index < -0.39 is 0 Å². The minimum absolute atomic E-state index is 0. The number of anilines is 1. The van der Waals surface area contributed by atoms with Crippen LogP contribution in [0.25, 0.3) is 11.1 Å². The molecule has 190 valence electrons. The number of hydrogen-bond acceptors (Lipinski definition) is 5. The Hall–Kier alpha value is -3.02. The molecule has 0 bridgehead atoms. The predicted molar refractivity (Wildman–Crippen MR) is 146 cm³/mol. The first-order valence-electron chi connectivity index (χ1n) is 13.3. The van der Waals surface area contributed by atoms with Crippen molar-refractivity contribution in [1.82, 2.24) is 19.6 Å². The second-order valence-corrected chi connectivity index (χ2v) is 10.1. The molecule has 2 fully saturated rings. The van der Waals surface area contributed by atoms with Gasteiger partial charge in [-0.1, -0.05) is 52.5 Å². The van der Waals surface area contributed by atoms with E-state index in [1.165, 1.54) is 49.7 Å². The maximum Gasteiger partial charge on any atom is 0.220 e. The number of carbonyl (C=O) groups excluding carboxylic acids is 1. The van der Waals surface area contributed by atoms with Gasteiger partial charge in [0, 0.05) is 38.6 Å². The number of nitrogens with zero attached hydrogens (tertiary/aromatic N) is 4. The van der Waals surface area contributed by atoms with Crippen LogP contribution in [0.2, 0.25) is 0 Å². The lowest BCUT2D eigenvalue weighted by atomic mass is 9.63. The summed E-state index contributed by atoms with van der Waals surface area (Å²) in [5, 5.41) is 4.30. The quantitative estimate of drug-likeness (QED) is 0.446. The molecule has 6 nitrogen and oxygen atoms in total. The first-order chi connectivity index (χ1) is 16.9. The second-order valence-electron chi connectivity index (χ2n) is 10.1. The van der Waals surface area contributed by atoms with E-state index in [0.717, 1.165) is 41.6 Å². The fraction of sp³-hybridized carbons (Fsp3) is 0.517. The normalized spacial score (nSPS) is 18.3. The topological polar surface area (TPSA) is 86.2 Å². The van der Waals surface area contributed by atoms with E-state index in [4.69, 9.17) is 5.73 Å². The Bertz CT molecular complexity index is 1230. The van der Waals surface area contributed by atoms with Crippen LogP contribution in [0.4, 0.5) is 5.95 Å². The molecule has 3 aliphatic carbocycles. The SMILES string of the molecule is CC.CC1(C(=O)C2CCCCC2)CCC1.Cc1cnn2ccc(C3=CCc4nc(N)ncc43)cc12.[HH].[HH]. The molecule has 3 heterocycles. The third-order valence-corrected chi connectivity index (χ3v) is 7.73. The van der Waals surface area contributed by atoms with Crippen molar-refractivity contribution >= 4 is 22.8 Å². The van der Waals surface area contributed by atoms with Gasteiger partial charge in [0.05, 0.1) is 17.4 Å². The number of rotatable bonds is 3. The fourth-order valence-electron chi connectivity index (χ4n) is 5.48. The molecule has 3 aliphatic rings.